The molecule has 2 fully saturated rings. The number of likely N-dealkylation sites (tertiary alicyclic amines) is 1. The Kier molecular flexibility index (Phi) is 2.61. The molecule has 1 aromatic heterocycles. The van der Waals surface area contributed by atoms with Gasteiger partial charge in [0.15, 0.2) is 0 Å². The molecular formula is C13H15NO4. The summed E-state index contributed by atoms with van der Waals surface area (Å²) < 4.78 is 10.5. The summed E-state index contributed by atoms with van der Waals surface area (Å²) in [5.74, 6) is 1.56. The number of nitrogens with zero attached hydrogens (tertiary/aromatic N) is 1. The first-order valence-electron chi connectivity index (χ1n) is 6.19. The van der Waals surface area contributed by atoms with Crippen LogP contribution in [0.4, 0.5) is 0 Å². The molecule has 0 spiro atoms. The van der Waals surface area contributed by atoms with E-state index in [2.05, 4.69) is 0 Å². The smallest absolute Gasteiger partial charge is 0.339 e. The van der Waals surface area contributed by atoms with Gasteiger partial charge in [0.05, 0.1) is 19.2 Å². The van der Waals surface area contributed by atoms with Crippen LogP contribution in [0.2, 0.25) is 0 Å². The fourth-order valence-corrected chi connectivity index (χ4v) is 2.12. The summed E-state index contributed by atoms with van der Waals surface area (Å²) in [6, 6.07) is 3.02. The molecule has 0 radical (unpaired) electrons. The van der Waals surface area contributed by atoms with Crippen molar-refractivity contribution in [2.24, 2.45) is 5.92 Å². The van der Waals surface area contributed by atoms with Crippen molar-refractivity contribution in [3.63, 3.8) is 0 Å². The van der Waals surface area contributed by atoms with E-state index in [1.807, 2.05) is 4.90 Å². The van der Waals surface area contributed by atoms with Crippen molar-refractivity contribution < 1.29 is 13.9 Å². The van der Waals surface area contributed by atoms with E-state index in [0.717, 1.165) is 12.8 Å². The van der Waals surface area contributed by atoms with Crippen molar-refractivity contribution >= 4 is 5.91 Å². The molecule has 0 unspecified atom stereocenters. The van der Waals surface area contributed by atoms with Crippen LogP contribution in [0.25, 0.3) is 0 Å². The van der Waals surface area contributed by atoms with Gasteiger partial charge in [-0.25, -0.2) is 4.79 Å². The van der Waals surface area contributed by atoms with Crippen LogP contribution >= 0.6 is 0 Å². The number of hydrogen-bond acceptors (Lipinski definition) is 4. The van der Waals surface area contributed by atoms with Crippen LogP contribution in [0.3, 0.4) is 0 Å². The average Bonchev–Trinajstić information content (AvgIpc) is 3.04. The standard InChI is InChI=1S/C13H15NO4/c1-8-4-10(5-12(15)17-8)18-11-6-14(7-11)13(16)9-2-3-9/h4-5,9,11H,2-3,6-7H2,1H3. The highest BCUT2D eigenvalue weighted by atomic mass is 16.5. The molecule has 2 heterocycles. The molecule has 5 heteroatoms. The van der Waals surface area contributed by atoms with Gasteiger partial charge in [0, 0.05) is 12.0 Å². The van der Waals surface area contributed by atoms with Crippen LogP contribution in [0.5, 0.6) is 5.75 Å². The largest absolute Gasteiger partial charge is 0.486 e. The van der Waals surface area contributed by atoms with Gasteiger partial charge in [-0.3, -0.25) is 4.79 Å². The summed E-state index contributed by atoms with van der Waals surface area (Å²) in [5.41, 5.74) is -0.407. The van der Waals surface area contributed by atoms with Crippen molar-refractivity contribution in [1.29, 1.82) is 0 Å². The van der Waals surface area contributed by atoms with Crippen molar-refractivity contribution in [2.45, 2.75) is 25.9 Å². The first kappa shape index (κ1) is 11.3. The van der Waals surface area contributed by atoms with Crippen LogP contribution in [-0.2, 0) is 4.79 Å². The van der Waals surface area contributed by atoms with Crippen LogP contribution in [0.15, 0.2) is 21.3 Å². The summed E-state index contributed by atoms with van der Waals surface area (Å²) >= 11 is 0. The molecule has 1 amide bonds. The molecule has 0 bridgehead atoms. The number of carbonyl (C=O) groups excluding carboxylic acids is 1. The van der Waals surface area contributed by atoms with E-state index in [1.54, 1.807) is 13.0 Å². The van der Waals surface area contributed by atoms with E-state index < -0.39 is 5.63 Å². The summed E-state index contributed by atoms with van der Waals surface area (Å²) in [6.07, 6.45) is 2.05. The lowest BCUT2D eigenvalue weighted by molar-refractivity contribution is -0.141. The SMILES string of the molecule is Cc1cc(OC2CN(C(=O)C3CC3)C2)cc(=O)o1. The summed E-state index contributed by atoms with van der Waals surface area (Å²) in [7, 11) is 0. The number of amides is 1. The minimum atomic E-state index is -0.407. The first-order chi connectivity index (χ1) is 8.61. The van der Waals surface area contributed by atoms with Crippen molar-refractivity contribution in [3.8, 4) is 5.75 Å². The van der Waals surface area contributed by atoms with E-state index in [4.69, 9.17) is 9.15 Å². The minimum Gasteiger partial charge on any atom is -0.486 e. The summed E-state index contributed by atoms with van der Waals surface area (Å²) in [5, 5.41) is 0. The summed E-state index contributed by atoms with van der Waals surface area (Å²) in [6.45, 7) is 2.95. The third-order valence-corrected chi connectivity index (χ3v) is 3.26. The predicted molar refractivity (Wildman–Crippen MR) is 63.4 cm³/mol. The molecule has 5 nitrogen and oxygen atoms in total. The molecule has 18 heavy (non-hydrogen) atoms. The molecule has 1 aliphatic carbocycles. The second-order valence-electron chi connectivity index (χ2n) is 4.98. The van der Waals surface area contributed by atoms with Gasteiger partial charge in [-0.05, 0) is 19.8 Å². The molecule has 1 saturated carbocycles. The van der Waals surface area contributed by atoms with Gasteiger partial charge in [-0.15, -0.1) is 0 Å². The van der Waals surface area contributed by atoms with Gasteiger partial charge in [0.1, 0.15) is 17.6 Å². The lowest BCUT2D eigenvalue weighted by atomic mass is 10.1. The Morgan fingerprint density at radius 2 is 2.11 bits per heavy atom. The van der Waals surface area contributed by atoms with E-state index in [9.17, 15) is 9.59 Å². The fraction of sp³-hybridized carbons (Fsp3) is 0.538. The maximum atomic E-state index is 11.7. The second kappa shape index (κ2) is 4.15. The number of aryl methyl sites for hydroxylation is 1. The molecule has 1 saturated heterocycles. The lowest BCUT2D eigenvalue weighted by Gasteiger charge is -2.39. The van der Waals surface area contributed by atoms with Crippen LogP contribution in [0, 0.1) is 12.8 Å². The topological polar surface area (TPSA) is 59.8 Å². The maximum Gasteiger partial charge on any atom is 0.339 e. The second-order valence-corrected chi connectivity index (χ2v) is 4.98. The Labute approximate surface area is 104 Å². The van der Waals surface area contributed by atoms with Gasteiger partial charge in [-0.1, -0.05) is 0 Å². The van der Waals surface area contributed by atoms with Crippen molar-refractivity contribution in [2.75, 3.05) is 13.1 Å². The Hall–Kier alpha value is -1.78. The van der Waals surface area contributed by atoms with E-state index in [0.29, 0.717) is 24.6 Å². The fourth-order valence-electron chi connectivity index (χ4n) is 2.12. The summed E-state index contributed by atoms with van der Waals surface area (Å²) in [4.78, 5) is 24.7. The molecule has 1 aliphatic heterocycles. The molecule has 1 aromatic rings. The number of hydrogen-bond donors (Lipinski definition) is 0. The Bertz CT molecular complexity index is 526. The molecule has 96 valence electrons. The molecule has 0 aromatic carbocycles. The quantitative estimate of drug-likeness (QED) is 0.800. The van der Waals surface area contributed by atoms with Gasteiger partial charge >= 0.3 is 5.63 Å². The zero-order valence-electron chi connectivity index (χ0n) is 10.2. The zero-order valence-corrected chi connectivity index (χ0v) is 10.2. The van der Waals surface area contributed by atoms with Crippen molar-refractivity contribution in [3.05, 3.63) is 28.3 Å². The normalized spacial score (nSPS) is 19.5. The van der Waals surface area contributed by atoms with Gasteiger partial charge in [0.2, 0.25) is 5.91 Å². The maximum absolute atomic E-state index is 11.7. The first-order valence-corrected chi connectivity index (χ1v) is 6.19. The average molecular weight is 249 g/mol. The Balaban J connectivity index is 1.56. The molecular weight excluding hydrogens is 234 g/mol. The molecule has 0 atom stereocenters. The van der Waals surface area contributed by atoms with Crippen LogP contribution < -0.4 is 10.4 Å². The monoisotopic (exact) mass is 249 g/mol. The van der Waals surface area contributed by atoms with Gasteiger partial charge < -0.3 is 14.1 Å². The number of carbonyl (C=O) groups is 1. The minimum absolute atomic E-state index is 0.00565. The third kappa shape index (κ3) is 2.25. The van der Waals surface area contributed by atoms with E-state index >= 15 is 0 Å². The van der Waals surface area contributed by atoms with Crippen LogP contribution in [-0.4, -0.2) is 30.0 Å². The van der Waals surface area contributed by atoms with Crippen LogP contribution in [0.1, 0.15) is 18.6 Å². The third-order valence-electron chi connectivity index (χ3n) is 3.26. The highest BCUT2D eigenvalue weighted by Crippen LogP contribution is 2.32. The highest BCUT2D eigenvalue weighted by molar-refractivity contribution is 5.81. The molecule has 3 rings (SSSR count). The lowest BCUT2D eigenvalue weighted by Crippen LogP contribution is -2.56. The van der Waals surface area contributed by atoms with E-state index in [-0.39, 0.29) is 17.9 Å². The Morgan fingerprint density at radius 3 is 2.72 bits per heavy atom. The molecule has 0 N–H and O–H groups in total. The molecule has 2 aliphatic rings. The van der Waals surface area contributed by atoms with Gasteiger partial charge in [-0.2, -0.15) is 0 Å². The van der Waals surface area contributed by atoms with Gasteiger partial charge in [0.25, 0.3) is 0 Å². The predicted octanol–water partition coefficient (Wildman–Crippen LogP) is 0.948. The Morgan fingerprint density at radius 1 is 1.39 bits per heavy atom. The highest BCUT2D eigenvalue weighted by Gasteiger charge is 2.40. The number of rotatable bonds is 3. The van der Waals surface area contributed by atoms with Crippen molar-refractivity contribution in [1.82, 2.24) is 4.90 Å². The van der Waals surface area contributed by atoms with E-state index in [1.165, 1.54) is 6.07 Å². The number of ether oxygens (including phenoxy) is 1. The zero-order chi connectivity index (χ0) is 12.7.